The van der Waals surface area contributed by atoms with E-state index in [1.165, 1.54) is 42.9 Å². The zero-order valence-corrected chi connectivity index (χ0v) is 26.0. The van der Waals surface area contributed by atoms with E-state index in [1.54, 1.807) is 13.1 Å². The summed E-state index contributed by atoms with van der Waals surface area (Å²) in [7, 11) is 7.73. The average Bonchev–Trinajstić information content (AvgIpc) is 3.48. The molecule has 1 fully saturated rings. The normalized spacial score (nSPS) is 16.2. The van der Waals surface area contributed by atoms with Gasteiger partial charge in [0.2, 0.25) is 0 Å². The van der Waals surface area contributed by atoms with Gasteiger partial charge in [-0.3, -0.25) is 0 Å². The zero-order chi connectivity index (χ0) is 28.6. The Kier molecular flexibility index (Phi) is 16.0. The first-order valence-electron chi connectivity index (χ1n) is 14.6. The van der Waals surface area contributed by atoms with E-state index in [-0.39, 0.29) is 5.82 Å². The molecule has 39 heavy (non-hydrogen) atoms. The molecule has 4 nitrogen and oxygen atoms in total. The minimum absolute atomic E-state index is 0.223. The number of aryl methyl sites for hydroxylation is 1. The quantitative estimate of drug-likeness (QED) is 0.167. The van der Waals surface area contributed by atoms with Crippen molar-refractivity contribution in [1.29, 1.82) is 0 Å². The third kappa shape index (κ3) is 10.6. The van der Waals surface area contributed by atoms with E-state index < -0.39 is 6.23 Å². The lowest BCUT2D eigenvalue weighted by Gasteiger charge is -2.30. The van der Waals surface area contributed by atoms with Crippen molar-refractivity contribution in [3.63, 3.8) is 0 Å². The maximum Gasteiger partial charge on any atom is 0.146 e. The fraction of sp³-hybridized carbons (Fsp3) is 0.562. The van der Waals surface area contributed by atoms with Crippen LogP contribution in [-0.4, -0.2) is 28.8 Å². The van der Waals surface area contributed by atoms with Crippen LogP contribution in [0.4, 0.5) is 10.1 Å². The Morgan fingerprint density at radius 2 is 1.77 bits per heavy atom. The predicted molar refractivity (Wildman–Crippen MR) is 167 cm³/mol. The van der Waals surface area contributed by atoms with Gasteiger partial charge in [-0.1, -0.05) is 63.1 Å². The lowest BCUT2D eigenvalue weighted by molar-refractivity contribution is 0.0942. The van der Waals surface area contributed by atoms with Crippen LogP contribution in [0.25, 0.3) is 0 Å². The minimum atomic E-state index is -0.574. The summed E-state index contributed by atoms with van der Waals surface area (Å²) in [6, 6.07) is 13.4. The number of rotatable bonds is 10. The second-order valence-electron chi connectivity index (χ2n) is 9.96. The molecule has 4 rings (SSSR count). The summed E-state index contributed by atoms with van der Waals surface area (Å²) >= 11 is 1.11. The maximum atomic E-state index is 13.4. The number of halogens is 2. The monoisotopic (exact) mass is 578 g/mol. The lowest BCUT2D eigenvalue weighted by Crippen LogP contribution is -2.31. The zero-order valence-electron chi connectivity index (χ0n) is 24.4. The molecule has 7 heteroatoms. The van der Waals surface area contributed by atoms with Crippen molar-refractivity contribution in [2.24, 2.45) is 0 Å². The standard InChI is InChI=1S/C17H24ClNOS.C13H18FNO.C2H6/c1-2-8-15-11-6-7-12-16(15)17(20)19(21-18)13-14-9-4-3-5-10-14;1-9-7-11(14)12(15-2)8-13(9)16-10-5-3-4-6-10;1-2/h3-5,9-10,17,20H,2,6-8,11-13H2,1H3;7-8,10,15H,3-6H2,1-2H3;1-2H3. The molecule has 218 valence electrons. The molecule has 0 radical (unpaired) electrons. The number of benzene rings is 2. The Balaban J connectivity index is 0.000000265. The van der Waals surface area contributed by atoms with Crippen molar-refractivity contribution in [3.05, 3.63) is 70.6 Å². The highest BCUT2D eigenvalue weighted by Gasteiger charge is 2.25. The summed E-state index contributed by atoms with van der Waals surface area (Å²) in [6.07, 6.45) is 11.2. The Labute approximate surface area is 245 Å². The van der Waals surface area contributed by atoms with Crippen LogP contribution >= 0.6 is 21.8 Å². The van der Waals surface area contributed by atoms with E-state index in [0.717, 1.165) is 66.6 Å². The first-order chi connectivity index (χ1) is 19.0. The summed E-state index contributed by atoms with van der Waals surface area (Å²) < 4.78 is 21.2. The second kappa shape index (κ2) is 18.6. The molecule has 2 aliphatic rings. The number of anilines is 1. The number of aliphatic hydroxyl groups excluding tert-OH is 1. The summed E-state index contributed by atoms with van der Waals surface area (Å²) in [6.45, 7) is 8.73. The molecule has 2 aliphatic carbocycles. The van der Waals surface area contributed by atoms with Gasteiger partial charge in [0.05, 0.1) is 11.8 Å². The highest BCUT2D eigenvalue weighted by molar-refractivity contribution is 8.19. The molecule has 1 atom stereocenters. The van der Waals surface area contributed by atoms with Crippen LogP contribution in [0.15, 0.2) is 53.6 Å². The van der Waals surface area contributed by atoms with Crippen LogP contribution in [0, 0.1) is 12.7 Å². The van der Waals surface area contributed by atoms with Crippen molar-refractivity contribution < 1.29 is 14.2 Å². The van der Waals surface area contributed by atoms with Gasteiger partial charge in [0.25, 0.3) is 0 Å². The largest absolute Gasteiger partial charge is 0.490 e. The van der Waals surface area contributed by atoms with Crippen LogP contribution in [-0.2, 0) is 6.54 Å². The molecular weight excluding hydrogens is 531 g/mol. The fourth-order valence-corrected chi connectivity index (χ4v) is 5.91. The van der Waals surface area contributed by atoms with Crippen molar-refractivity contribution in [2.45, 2.75) is 111 Å². The van der Waals surface area contributed by atoms with Crippen molar-refractivity contribution in [3.8, 4) is 5.75 Å². The number of ether oxygens (including phenoxy) is 1. The van der Waals surface area contributed by atoms with E-state index in [9.17, 15) is 9.50 Å². The van der Waals surface area contributed by atoms with Crippen LogP contribution < -0.4 is 10.1 Å². The first-order valence-corrected chi connectivity index (χ1v) is 16.2. The van der Waals surface area contributed by atoms with Crippen LogP contribution in [0.5, 0.6) is 5.75 Å². The van der Waals surface area contributed by atoms with Gasteiger partial charge in [0.1, 0.15) is 17.8 Å². The fourth-order valence-electron chi connectivity index (χ4n) is 5.13. The Morgan fingerprint density at radius 1 is 1.10 bits per heavy atom. The Morgan fingerprint density at radius 3 is 2.38 bits per heavy atom. The van der Waals surface area contributed by atoms with Gasteiger partial charge in [-0.05, 0) is 98.2 Å². The highest BCUT2D eigenvalue weighted by Crippen LogP contribution is 2.34. The van der Waals surface area contributed by atoms with E-state index in [2.05, 4.69) is 24.4 Å². The molecule has 0 spiro atoms. The summed E-state index contributed by atoms with van der Waals surface area (Å²) in [5.41, 5.74) is 5.17. The average molecular weight is 579 g/mol. The molecule has 0 aliphatic heterocycles. The number of hydrogen-bond donors (Lipinski definition) is 2. The topological polar surface area (TPSA) is 44.7 Å². The Bertz CT molecular complexity index is 999. The molecule has 0 saturated heterocycles. The molecule has 2 aromatic rings. The summed E-state index contributed by atoms with van der Waals surface area (Å²) in [5, 5.41) is 13.6. The molecule has 0 heterocycles. The number of allylic oxidation sites excluding steroid dienone is 1. The van der Waals surface area contributed by atoms with E-state index in [0.29, 0.717) is 18.3 Å². The number of aliphatic hydroxyl groups is 1. The molecule has 0 aromatic heterocycles. The first kappa shape index (κ1) is 33.5. The number of hydrogen-bond acceptors (Lipinski definition) is 5. The maximum absolute atomic E-state index is 13.4. The minimum Gasteiger partial charge on any atom is -0.490 e. The van der Waals surface area contributed by atoms with Crippen molar-refractivity contribution in [1.82, 2.24) is 4.31 Å². The molecule has 1 saturated carbocycles. The SMILES string of the molecule is CC.CCCC1=C(C(O)N(Cc2ccccc2)SCl)CCCC1.CNc1cc(OC2CCCC2)c(C)cc1F. The number of nitrogens with one attached hydrogen (secondary N) is 1. The van der Waals surface area contributed by atoms with E-state index in [4.69, 9.17) is 15.4 Å². The molecule has 2 N–H and O–H groups in total. The summed E-state index contributed by atoms with van der Waals surface area (Å²) in [4.78, 5) is 0. The van der Waals surface area contributed by atoms with Gasteiger partial charge in [-0.25, -0.2) is 8.70 Å². The van der Waals surface area contributed by atoms with E-state index >= 15 is 0 Å². The van der Waals surface area contributed by atoms with Crippen molar-refractivity contribution in [2.75, 3.05) is 12.4 Å². The predicted octanol–water partition coefficient (Wildman–Crippen LogP) is 9.80. The third-order valence-corrected chi connectivity index (χ3v) is 8.20. The molecule has 1 unspecified atom stereocenters. The second-order valence-corrected chi connectivity index (χ2v) is 11.0. The van der Waals surface area contributed by atoms with Gasteiger partial charge in [0.15, 0.2) is 0 Å². The van der Waals surface area contributed by atoms with Crippen LogP contribution in [0.2, 0.25) is 0 Å². The molecular formula is C32H48ClFN2O2S. The van der Waals surface area contributed by atoms with Gasteiger partial charge in [-0.15, -0.1) is 0 Å². The number of nitrogens with zero attached hydrogens (tertiary/aromatic N) is 1. The van der Waals surface area contributed by atoms with Gasteiger partial charge in [0, 0.05) is 30.8 Å². The van der Waals surface area contributed by atoms with Crippen LogP contribution in [0.3, 0.4) is 0 Å². The van der Waals surface area contributed by atoms with Crippen molar-refractivity contribution >= 4 is 27.5 Å². The molecule has 0 amide bonds. The van der Waals surface area contributed by atoms with Gasteiger partial charge < -0.3 is 15.2 Å². The Hall–Kier alpha value is -1.73. The molecule has 2 aromatic carbocycles. The smallest absolute Gasteiger partial charge is 0.146 e. The third-order valence-electron chi connectivity index (χ3n) is 7.16. The van der Waals surface area contributed by atoms with E-state index in [1.807, 2.05) is 43.3 Å². The van der Waals surface area contributed by atoms with Gasteiger partial charge >= 0.3 is 0 Å². The lowest BCUT2D eigenvalue weighted by atomic mass is 9.88. The summed E-state index contributed by atoms with van der Waals surface area (Å²) in [5.74, 6) is 0.580. The van der Waals surface area contributed by atoms with Gasteiger partial charge in [-0.2, -0.15) is 0 Å². The molecule has 0 bridgehead atoms. The highest BCUT2D eigenvalue weighted by atomic mass is 35.7. The van der Waals surface area contributed by atoms with Crippen LogP contribution in [0.1, 0.15) is 96.1 Å².